The molecule has 0 unspecified atom stereocenters. The first-order chi connectivity index (χ1) is 3.31. The van der Waals surface area contributed by atoms with Crippen molar-refractivity contribution in [2.45, 2.75) is 6.92 Å². The van der Waals surface area contributed by atoms with Gasteiger partial charge in [-0.05, 0) is 6.92 Å². The van der Waals surface area contributed by atoms with Crippen molar-refractivity contribution >= 4 is 5.96 Å². The topological polar surface area (TPSA) is 72.2 Å². The van der Waals surface area contributed by atoms with Crippen LogP contribution in [0.25, 0.3) is 0 Å². The Morgan fingerprint density at radius 1 is 2.00 bits per heavy atom. The Kier molecular flexibility index (Phi) is 3.04. The molecule has 0 rings (SSSR count). The van der Waals surface area contributed by atoms with Gasteiger partial charge in [-0.2, -0.15) is 0 Å². The van der Waals surface area contributed by atoms with Gasteiger partial charge < -0.3 is 0 Å². The van der Waals surface area contributed by atoms with Gasteiger partial charge in [-0.25, -0.2) is 5.21 Å². The minimum Gasteiger partial charge on any atom is -0.289 e. The first kappa shape index (κ1) is 6.23. The van der Waals surface area contributed by atoms with E-state index in [1.165, 1.54) is 0 Å². The molecule has 5 N–H and O–H groups in total. The van der Waals surface area contributed by atoms with Crippen LogP contribution in [0.2, 0.25) is 0 Å². The Morgan fingerprint density at radius 3 is 2.71 bits per heavy atom. The SMILES string of the molecule is CC[NH+]=C(N)NO. The summed E-state index contributed by atoms with van der Waals surface area (Å²) >= 11 is 0. The summed E-state index contributed by atoms with van der Waals surface area (Å²) in [5.41, 5.74) is 6.78. The van der Waals surface area contributed by atoms with Gasteiger partial charge in [0.25, 0.3) is 0 Å². The second kappa shape index (κ2) is 3.42. The highest BCUT2D eigenvalue weighted by Crippen LogP contribution is 1.26. The fourth-order valence-corrected chi connectivity index (χ4v) is 0.230. The third-order valence-corrected chi connectivity index (χ3v) is 0.488. The minimum atomic E-state index is 0.183. The van der Waals surface area contributed by atoms with Crippen LogP contribution in [-0.2, 0) is 0 Å². The average molecular weight is 104 g/mol. The molecule has 0 aliphatic carbocycles. The zero-order valence-electron chi connectivity index (χ0n) is 4.23. The number of hydroxylamine groups is 1. The van der Waals surface area contributed by atoms with E-state index in [4.69, 9.17) is 10.9 Å². The van der Waals surface area contributed by atoms with Gasteiger partial charge in [0.1, 0.15) is 0 Å². The molecule has 42 valence electrons. The van der Waals surface area contributed by atoms with Crippen molar-refractivity contribution in [3.63, 3.8) is 0 Å². The average Bonchev–Trinajstić information content (AvgIpc) is 1.68. The van der Waals surface area contributed by atoms with Gasteiger partial charge in [-0.3, -0.25) is 10.7 Å². The van der Waals surface area contributed by atoms with Crippen LogP contribution in [0.4, 0.5) is 0 Å². The highest BCUT2D eigenvalue weighted by Gasteiger charge is 1.86. The first-order valence-electron chi connectivity index (χ1n) is 2.07. The summed E-state index contributed by atoms with van der Waals surface area (Å²) in [6, 6.07) is 0. The number of hydrogen-bond donors (Lipinski definition) is 4. The smallest absolute Gasteiger partial charge is 0.289 e. The van der Waals surface area contributed by atoms with E-state index in [0.717, 1.165) is 0 Å². The van der Waals surface area contributed by atoms with Crippen LogP contribution < -0.4 is 16.2 Å². The number of rotatable bonds is 1. The normalized spacial score (nSPS) is 11.4. The highest BCUT2D eigenvalue weighted by molar-refractivity contribution is 5.69. The Bertz CT molecular complexity index is 70.6. The molecule has 0 aliphatic heterocycles. The summed E-state index contributed by atoms with van der Waals surface area (Å²) in [4.78, 5) is 2.63. The molecule has 0 fully saturated rings. The van der Waals surface area contributed by atoms with Crippen molar-refractivity contribution in [2.24, 2.45) is 5.73 Å². The molecule has 0 spiro atoms. The van der Waals surface area contributed by atoms with Gasteiger partial charge in [0.2, 0.25) is 0 Å². The van der Waals surface area contributed by atoms with Gasteiger partial charge in [0.05, 0.1) is 6.54 Å². The largest absolute Gasteiger partial charge is 0.369 e. The lowest BCUT2D eigenvalue weighted by atomic mass is 10.8. The molecule has 4 heteroatoms. The van der Waals surface area contributed by atoms with E-state index in [-0.39, 0.29) is 5.96 Å². The number of nitrogens with one attached hydrogen (secondary N) is 2. The van der Waals surface area contributed by atoms with Gasteiger partial charge in [-0.1, -0.05) is 0 Å². The minimum absolute atomic E-state index is 0.183. The summed E-state index contributed by atoms with van der Waals surface area (Å²) in [7, 11) is 0. The van der Waals surface area contributed by atoms with Crippen molar-refractivity contribution in [2.75, 3.05) is 6.54 Å². The predicted molar refractivity (Wildman–Crippen MR) is 25.6 cm³/mol. The lowest BCUT2D eigenvalue weighted by Gasteiger charge is -1.83. The molecular formula is C3H10N3O+. The number of nitrogens with two attached hydrogens (primary N) is 1. The summed E-state index contributed by atoms with van der Waals surface area (Å²) in [5.74, 6) is 0.183. The van der Waals surface area contributed by atoms with E-state index < -0.39 is 0 Å². The molecule has 4 nitrogen and oxygen atoms in total. The van der Waals surface area contributed by atoms with Crippen LogP contribution in [0.1, 0.15) is 6.92 Å². The molecule has 0 aliphatic rings. The molecule has 0 saturated carbocycles. The molecular weight excluding hydrogens is 94.1 g/mol. The van der Waals surface area contributed by atoms with Crippen LogP contribution in [0.15, 0.2) is 0 Å². The van der Waals surface area contributed by atoms with Crippen LogP contribution >= 0.6 is 0 Å². The van der Waals surface area contributed by atoms with Crippen molar-refractivity contribution in [3.05, 3.63) is 0 Å². The lowest BCUT2D eigenvalue weighted by molar-refractivity contribution is -0.457. The second-order valence-corrected chi connectivity index (χ2v) is 1.06. The van der Waals surface area contributed by atoms with Crippen LogP contribution in [0.3, 0.4) is 0 Å². The summed E-state index contributed by atoms with van der Waals surface area (Å²) < 4.78 is 0. The van der Waals surface area contributed by atoms with Crippen molar-refractivity contribution in [1.82, 2.24) is 5.48 Å². The van der Waals surface area contributed by atoms with Gasteiger partial charge in [0, 0.05) is 0 Å². The fraction of sp³-hybridized carbons (Fsp3) is 0.667. The van der Waals surface area contributed by atoms with Crippen LogP contribution in [0.5, 0.6) is 0 Å². The van der Waals surface area contributed by atoms with Gasteiger partial charge in [0.15, 0.2) is 0 Å². The molecule has 0 amide bonds. The maximum Gasteiger partial charge on any atom is 0.369 e. The molecule has 0 aromatic heterocycles. The Hall–Kier alpha value is -0.770. The maximum absolute atomic E-state index is 7.99. The molecule has 0 bridgehead atoms. The molecule has 0 atom stereocenters. The summed E-state index contributed by atoms with van der Waals surface area (Å²) in [6.45, 7) is 2.59. The third kappa shape index (κ3) is 3.05. The maximum atomic E-state index is 7.99. The van der Waals surface area contributed by atoms with Crippen molar-refractivity contribution < 1.29 is 10.2 Å². The molecule has 0 aromatic rings. The second-order valence-electron chi connectivity index (χ2n) is 1.06. The quantitative estimate of drug-likeness (QED) is 0.167. The van der Waals surface area contributed by atoms with Crippen LogP contribution in [0, 0.1) is 0 Å². The Balaban J connectivity index is 3.29. The summed E-state index contributed by atoms with van der Waals surface area (Å²) in [5, 5.41) is 7.99. The molecule has 0 radical (unpaired) electrons. The zero-order chi connectivity index (χ0) is 5.70. The standard InChI is InChI=1S/C3H9N3O/c1-2-5-3(4)6-7/h7H,2H2,1H3,(H3,4,5,6)/p+1. The Labute approximate surface area is 42.0 Å². The van der Waals surface area contributed by atoms with E-state index in [0.29, 0.717) is 6.54 Å². The van der Waals surface area contributed by atoms with Crippen LogP contribution in [-0.4, -0.2) is 17.7 Å². The first-order valence-corrected chi connectivity index (χ1v) is 2.07. The van der Waals surface area contributed by atoms with E-state index in [1.807, 2.05) is 6.92 Å². The fourth-order valence-electron chi connectivity index (χ4n) is 0.230. The Morgan fingerprint density at radius 2 is 2.57 bits per heavy atom. The number of guanidine groups is 1. The van der Waals surface area contributed by atoms with Gasteiger partial charge >= 0.3 is 5.96 Å². The van der Waals surface area contributed by atoms with Gasteiger partial charge in [-0.15, -0.1) is 5.48 Å². The van der Waals surface area contributed by atoms with Crippen molar-refractivity contribution in [1.29, 1.82) is 0 Å². The predicted octanol–water partition coefficient (Wildman–Crippen LogP) is -2.62. The van der Waals surface area contributed by atoms with E-state index >= 15 is 0 Å². The van der Waals surface area contributed by atoms with Crippen molar-refractivity contribution in [3.8, 4) is 0 Å². The van der Waals surface area contributed by atoms with E-state index in [1.54, 1.807) is 5.48 Å². The monoisotopic (exact) mass is 104 g/mol. The molecule has 0 aromatic carbocycles. The van der Waals surface area contributed by atoms with E-state index in [9.17, 15) is 0 Å². The zero-order valence-corrected chi connectivity index (χ0v) is 4.23. The van der Waals surface area contributed by atoms with E-state index in [2.05, 4.69) is 4.99 Å². The third-order valence-electron chi connectivity index (χ3n) is 0.488. The summed E-state index contributed by atoms with van der Waals surface area (Å²) in [6.07, 6.45) is 0. The molecule has 0 saturated heterocycles. The lowest BCUT2D eigenvalue weighted by Crippen LogP contribution is -2.77. The molecule has 0 heterocycles. The number of hydrogen-bond acceptors (Lipinski definition) is 1. The molecule has 7 heavy (non-hydrogen) atoms. The highest BCUT2D eigenvalue weighted by atomic mass is 16.5.